The summed E-state index contributed by atoms with van der Waals surface area (Å²) >= 11 is 0. The largest absolute Gasteiger partial charge is 0.424 e. The van der Waals surface area contributed by atoms with Crippen LogP contribution in [0.1, 0.15) is 41.9 Å². The van der Waals surface area contributed by atoms with Gasteiger partial charge in [-0.05, 0) is 19.9 Å². The minimum atomic E-state index is -4.94. The number of halogens is 5. The Balaban J connectivity index is 1.72. The zero-order chi connectivity index (χ0) is 22.9. The molecule has 31 heavy (non-hydrogen) atoms. The van der Waals surface area contributed by atoms with Crippen molar-refractivity contribution in [1.29, 1.82) is 0 Å². The molecule has 4 rings (SSSR count). The van der Waals surface area contributed by atoms with Crippen LogP contribution >= 0.6 is 0 Å². The first-order valence-corrected chi connectivity index (χ1v) is 9.29. The van der Waals surface area contributed by atoms with E-state index in [1.807, 2.05) is 0 Å². The van der Waals surface area contributed by atoms with Crippen LogP contribution in [0.4, 0.5) is 22.0 Å². The van der Waals surface area contributed by atoms with Gasteiger partial charge in [0.1, 0.15) is 5.69 Å². The third kappa shape index (κ3) is 3.16. The molecule has 0 saturated carbocycles. The van der Waals surface area contributed by atoms with E-state index in [9.17, 15) is 31.9 Å². The fourth-order valence-corrected chi connectivity index (χ4v) is 3.91. The lowest BCUT2D eigenvalue weighted by molar-refractivity contribution is -0.263. The van der Waals surface area contributed by atoms with Gasteiger partial charge in [-0.2, -0.15) is 18.3 Å². The second-order valence-electron chi connectivity index (χ2n) is 7.80. The highest BCUT2D eigenvalue weighted by atomic mass is 19.4. The summed E-state index contributed by atoms with van der Waals surface area (Å²) in [4.78, 5) is 18.3. The normalized spacial score (nSPS) is 18.9. The summed E-state index contributed by atoms with van der Waals surface area (Å²) in [6, 6.07) is 1.15. The lowest BCUT2D eigenvalue weighted by Gasteiger charge is -2.36. The summed E-state index contributed by atoms with van der Waals surface area (Å²) in [5, 5.41) is 14.2. The van der Waals surface area contributed by atoms with Crippen molar-refractivity contribution in [1.82, 2.24) is 24.2 Å². The third-order valence-corrected chi connectivity index (χ3v) is 5.50. The number of rotatable bonds is 2. The van der Waals surface area contributed by atoms with Crippen molar-refractivity contribution < 1.29 is 31.9 Å². The molecule has 0 bridgehead atoms. The SMILES string of the molecule is C[C@H]1CN(C(=O)c2c3cc(F)c(F)cc3nn2C)Cc2cnc(C(C)(O)C(F)(F)F)n21. The van der Waals surface area contributed by atoms with Crippen molar-refractivity contribution in [3.8, 4) is 0 Å². The summed E-state index contributed by atoms with van der Waals surface area (Å²) in [6.07, 6.45) is -3.75. The first-order valence-electron chi connectivity index (χ1n) is 9.29. The highest BCUT2D eigenvalue weighted by Crippen LogP contribution is 2.40. The summed E-state index contributed by atoms with van der Waals surface area (Å²) in [7, 11) is 1.46. The summed E-state index contributed by atoms with van der Waals surface area (Å²) in [6.45, 7) is 2.15. The average molecular weight is 443 g/mol. The van der Waals surface area contributed by atoms with Crippen LogP contribution < -0.4 is 0 Å². The first kappa shape index (κ1) is 21.2. The number of carbonyl (C=O) groups excluding carboxylic acids is 1. The monoisotopic (exact) mass is 443 g/mol. The summed E-state index contributed by atoms with van der Waals surface area (Å²) in [5.74, 6) is -3.32. The minimum Gasteiger partial charge on any atom is -0.374 e. The zero-order valence-corrected chi connectivity index (χ0v) is 16.7. The molecular weight excluding hydrogens is 425 g/mol. The number of amides is 1. The van der Waals surface area contributed by atoms with Gasteiger partial charge in [0.15, 0.2) is 17.5 Å². The molecule has 2 aromatic heterocycles. The number of carbonyl (C=O) groups is 1. The van der Waals surface area contributed by atoms with Crippen molar-refractivity contribution in [2.24, 2.45) is 7.05 Å². The number of aliphatic hydroxyl groups is 1. The molecule has 12 heteroatoms. The Morgan fingerprint density at radius 3 is 2.52 bits per heavy atom. The number of aromatic nitrogens is 4. The van der Waals surface area contributed by atoms with Crippen LogP contribution in [0.25, 0.3) is 10.9 Å². The first-order chi connectivity index (χ1) is 14.3. The van der Waals surface area contributed by atoms with E-state index in [-0.39, 0.29) is 29.7 Å². The van der Waals surface area contributed by atoms with Crippen LogP contribution in [0.2, 0.25) is 0 Å². The van der Waals surface area contributed by atoms with Crippen LogP contribution in [0.5, 0.6) is 0 Å². The van der Waals surface area contributed by atoms with Gasteiger partial charge < -0.3 is 14.6 Å². The fourth-order valence-electron chi connectivity index (χ4n) is 3.91. The summed E-state index contributed by atoms with van der Waals surface area (Å²) < 4.78 is 69.7. The Morgan fingerprint density at radius 2 is 1.87 bits per heavy atom. The smallest absolute Gasteiger partial charge is 0.374 e. The Morgan fingerprint density at radius 1 is 1.23 bits per heavy atom. The quantitative estimate of drug-likeness (QED) is 0.618. The van der Waals surface area contributed by atoms with Gasteiger partial charge in [0.2, 0.25) is 5.60 Å². The van der Waals surface area contributed by atoms with Crippen molar-refractivity contribution in [3.05, 3.63) is 47.2 Å². The van der Waals surface area contributed by atoms with E-state index < -0.39 is 41.2 Å². The van der Waals surface area contributed by atoms with E-state index in [4.69, 9.17) is 0 Å². The van der Waals surface area contributed by atoms with Crippen LogP contribution in [0.15, 0.2) is 18.3 Å². The van der Waals surface area contributed by atoms with E-state index in [0.29, 0.717) is 12.6 Å². The number of hydrogen-bond donors (Lipinski definition) is 1. The van der Waals surface area contributed by atoms with Crippen LogP contribution in [-0.2, 0) is 19.2 Å². The molecule has 1 amide bonds. The van der Waals surface area contributed by atoms with E-state index in [0.717, 1.165) is 12.1 Å². The highest BCUT2D eigenvalue weighted by Gasteiger charge is 2.55. The molecule has 1 N–H and O–H groups in total. The molecule has 1 unspecified atom stereocenters. The number of imidazole rings is 1. The van der Waals surface area contributed by atoms with E-state index in [1.165, 1.54) is 27.4 Å². The second kappa shape index (κ2) is 6.74. The van der Waals surface area contributed by atoms with Gasteiger partial charge in [-0.3, -0.25) is 9.48 Å². The number of nitrogens with zero attached hydrogens (tertiary/aromatic N) is 5. The number of benzene rings is 1. The van der Waals surface area contributed by atoms with Crippen molar-refractivity contribution >= 4 is 16.8 Å². The van der Waals surface area contributed by atoms with Gasteiger partial charge in [0.05, 0.1) is 30.0 Å². The van der Waals surface area contributed by atoms with Gasteiger partial charge in [-0.15, -0.1) is 0 Å². The standard InChI is InChI=1S/C19H18F5N5O2/c1-9-7-28(8-10-6-25-17(29(9)10)18(2,31)19(22,23)24)16(30)15-11-4-12(20)13(21)5-14(11)26-27(15)3/h4-6,9,31H,7-8H2,1-3H3/t9-,18?/m0/s1. The van der Waals surface area contributed by atoms with Gasteiger partial charge in [-0.25, -0.2) is 13.8 Å². The number of alkyl halides is 3. The Hall–Kier alpha value is -3.02. The molecule has 2 atom stereocenters. The molecule has 0 aliphatic carbocycles. The lowest BCUT2D eigenvalue weighted by atomic mass is 10.0. The molecule has 0 radical (unpaired) electrons. The van der Waals surface area contributed by atoms with Crippen molar-refractivity contribution in [2.75, 3.05) is 6.54 Å². The number of hydrogen-bond acceptors (Lipinski definition) is 4. The van der Waals surface area contributed by atoms with Gasteiger partial charge in [0.25, 0.3) is 5.91 Å². The minimum absolute atomic E-state index is 0.0134. The van der Waals surface area contributed by atoms with Gasteiger partial charge in [-0.1, -0.05) is 0 Å². The zero-order valence-electron chi connectivity index (χ0n) is 16.7. The average Bonchev–Trinajstić information content (AvgIpc) is 3.22. The molecule has 1 aliphatic rings. The molecule has 1 aromatic carbocycles. The molecular formula is C19H18F5N5O2. The molecule has 7 nitrogen and oxygen atoms in total. The maximum Gasteiger partial charge on any atom is 0.424 e. The Labute approximate surface area is 172 Å². The number of aryl methyl sites for hydroxylation is 1. The predicted molar refractivity (Wildman–Crippen MR) is 97.9 cm³/mol. The molecule has 1 aliphatic heterocycles. The highest BCUT2D eigenvalue weighted by molar-refractivity contribution is 6.05. The lowest BCUT2D eigenvalue weighted by Crippen LogP contribution is -2.46. The predicted octanol–water partition coefficient (Wildman–Crippen LogP) is 3.03. The fraction of sp³-hybridized carbons (Fsp3) is 0.421. The van der Waals surface area contributed by atoms with Crippen molar-refractivity contribution in [3.63, 3.8) is 0 Å². The van der Waals surface area contributed by atoms with E-state index >= 15 is 0 Å². The van der Waals surface area contributed by atoms with Crippen LogP contribution in [0.3, 0.4) is 0 Å². The molecule has 3 heterocycles. The Bertz CT molecular complexity index is 1200. The van der Waals surface area contributed by atoms with Crippen molar-refractivity contribution in [2.45, 2.75) is 38.2 Å². The van der Waals surface area contributed by atoms with E-state index in [2.05, 4.69) is 10.1 Å². The molecule has 0 fully saturated rings. The molecule has 3 aromatic rings. The molecule has 0 spiro atoms. The Kier molecular flexibility index (Phi) is 4.61. The maximum absolute atomic E-state index is 13.7. The molecule has 166 valence electrons. The second-order valence-corrected chi connectivity index (χ2v) is 7.80. The van der Waals surface area contributed by atoms with Gasteiger partial charge in [0, 0.05) is 25.0 Å². The maximum atomic E-state index is 13.7. The topological polar surface area (TPSA) is 76.2 Å². The van der Waals surface area contributed by atoms with Crippen LogP contribution in [0, 0.1) is 11.6 Å². The van der Waals surface area contributed by atoms with Gasteiger partial charge >= 0.3 is 6.18 Å². The summed E-state index contributed by atoms with van der Waals surface area (Å²) in [5.41, 5.74) is -2.74. The van der Waals surface area contributed by atoms with Crippen LogP contribution in [-0.4, -0.2) is 48.0 Å². The molecule has 0 saturated heterocycles. The third-order valence-electron chi connectivity index (χ3n) is 5.50. The van der Waals surface area contributed by atoms with E-state index in [1.54, 1.807) is 6.92 Å². The number of fused-ring (bicyclic) bond motifs is 2.